The molecule has 6 nitrogen and oxygen atoms in total. The lowest BCUT2D eigenvalue weighted by molar-refractivity contribution is 0.0153. The van der Waals surface area contributed by atoms with Crippen molar-refractivity contribution in [3.63, 3.8) is 0 Å². The van der Waals surface area contributed by atoms with Gasteiger partial charge in [-0.1, -0.05) is 42.5 Å². The number of aliphatic hydroxyl groups is 1. The summed E-state index contributed by atoms with van der Waals surface area (Å²) in [6.07, 6.45) is 1.12. The van der Waals surface area contributed by atoms with Gasteiger partial charge in [-0.05, 0) is 56.4 Å². The van der Waals surface area contributed by atoms with Crippen molar-refractivity contribution in [2.75, 3.05) is 31.1 Å². The summed E-state index contributed by atoms with van der Waals surface area (Å²) in [6, 6.07) is 15.9. The first-order valence-corrected chi connectivity index (χ1v) is 13.1. The maximum atomic E-state index is 13.5. The Hall–Kier alpha value is -1.93. The second-order valence-corrected chi connectivity index (χ2v) is 11.3. The van der Waals surface area contributed by atoms with E-state index in [2.05, 4.69) is 34.9 Å². The third-order valence-corrected chi connectivity index (χ3v) is 9.35. The molecule has 2 fully saturated rings. The highest BCUT2D eigenvalue weighted by Crippen LogP contribution is 2.38. The van der Waals surface area contributed by atoms with Gasteiger partial charge in [0.15, 0.2) is 0 Å². The lowest BCUT2D eigenvalue weighted by atomic mass is 10.0. The first-order valence-electron chi connectivity index (χ1n) is 11.6. The van der Waals surface area contributed by atoms with Crippen LogP contribution < -0.4 is 4.90 Å². The van der Waals surface area contributed by atoms with E-state index in [1.54, 1.807) is 4.31 Å². The highest BCUT2D eigenvalue weighted by atomic mass is 32.2. The minimum absolute atomic E-state index is 0.00602. The van der Waals surface area contributed by atoms with Gasteiger partial charge in [0.2, 0.25) is 10.0 Å². The SMILES string of the molecule is Cc1cc(CN2C(C)CCC(c3ccccc3)S2(=O)=O)ccc1N1CCN(C(C)O)CC1. The van der Waals surface area contributed by atoms with Crippen molar-refractivity contribution in [1.82, 2.24) is 9.21 Å². The van der Waals surface area contributed by atoms with Crippen molar-refractivity contribution in [1.29, 1.82) is 0 Å². The Kier molecular flexibility index (Phi) is 6.91. The standard InChI is InChI=1S/C25H35N3O3S/c1-19-17-22(10-11-24(19)27-15-13-26(14-16-27)21(3)29)18-28-20(2)9-12-25(32(28,30)31)23-7-5-4-6-8-23/h4-8,10-11,17,20-21,25,29H,9,12-16,18H2,1-3H3. The van der Waals surface area contributed by atoms with Gasteiger partial charge in [0.1, 0.15) is 11.5 Å². The number of piperazine rings is 1. The molecule has 0 radical (unpaired) electrons. The molecule has 0 aromatic heterocycles. The van der Waals surface area contributed by atoms with E-state index in [0.717, 1.165) is 49.3 Å². The molecule has 0 bridgehead atoms. The number of hydrogen-bond acceptors (Lipinski definition) is 5. The number of sulfonamides is 1. The van der Waals surface area contributed by atoms with Crippen LogP contribution in [0.25, 0.3) is 0 Å². The molecule has 0 saturated carbocycles. The van der Waals surface area contributed by atoms with E-state index in [1.165, 1.54) is 5.69 Å². The zero-order valence-electron chi connectivity index (χ0n) is 19.3. The van der Waals surface area contributed by atoms with Crippen LogP contribution in [0.4, 0.5) is 5.69 Å². The zero-order valence-corrected chi connectivity index (χ0v) is 20.1. The molecule has 2 aromatic carbocycles. The highest BCUT2D eigenvalue weighted by molar-refractivity contribution is 7.89. The monoisotopic (exact) mass is 457 g/mol. The molecule has 0 spiro atoms. The van der Waals surface area contributed by atoms with Crippen LogP contribution in [0.3, 0.4) is 0 Å². The summed E-state index contributed by atoms with van der Waals surface area (Å²) in [6.45, 7) is 9.76. The minimum atomic E-state index is -3.43. The van der Waals surface area contributed by atoms with Crippen molar-refractivity contribution in [2.45, 2.75) is 57.7 Å². The van der Waals surface area contributed by atoms with Crippen LogP contribution in [0.1, 0.15) is 48.6 Å². The summed E-state index contributed by atoms with van der Waals surface area (Å²) in [5.41, 5.74) is 4.26. The Bertz CT molecular complexity index is 1020. The average molecular weight is 458 g/mol. The molecule has 2 aliphatic heterocycles. The van der Waals surface area contributed by atoms with Gasteiger partial charge in [0.05, 0.1) is 0 Å². The Morgan fingerprint density at radius 1 is 1.03 bits per heavy atom. The molecule has 2 saturated heterocycles. The topological polar surface area (TPSA) is 64.1 Å². The van der Waals surface area contributed by atoms with Crippen molar-refractivity contribution in [3.8, 4) is 0 Å². The molecule has 7 heteroatoms. The summed E-state index contributed by atoms with van der Waals surface area (Å²) in [5, 5.41) is 9.32. The van der Waals surface area contributed by atoms with Crippen LogP contribution in [0.2, 0.25) is 0 Å². The Balaban J connectivity index is 1.50. The van der Waals surface area contributed by atoms with Crippen LogP contribution in [-0.4, -0.2) is 61.2 Å². The number of aryl methyl sites for hydroxylation is 1. The Morgan fingerprint density at radius 3 is 2.34 bits per heavy atom. The van der Waals surface area contributed by atoms with Gasteiger partial charge < -0.3 is 10.0 Å². The van der Waals surface area contributed by atoms with Crippen molar-refractivity contribution in [2.24, 2.45) is 0 Å². The van der Waals surface area contributed by atoms with Gasteiger partial charge in [-0.25, -0.2) is 8.42 Å². The molecular formula is C25H35N3O3S. The summed E-state index contributed by atoms with van der Waals surface area (Å²) in [5.74, 6) is 0. The fraction of sp³-hybridized carbons (Fsp3) is 0.520. The molecule has 0 aliphatic carbocycles. The van der Waals surface area contributed by atoms with Crippen molar-refractivity contribution < 1.29 is 13.5 Å². The molecule has 1 N–H and O–H groups in total. The van der Waals surface area contributed by atoms with Crippen LogP contribution in [0, 0.1) is 6.92 Å². The molecule has 2 aromatic rings. The fourth-order valence-corrected chi connectivity index (χ4v) is 7.24. The summed E-state index contributed by atoms with van der Waals surface area (Å²) in [7, 11) is -3.43. The summed E-state index contributed by atoms with van der Waals surface area (Å²) < 4.78 is 28.7. The zero-order chi connectivity index (χ0) is 22.9. The van der Waals surface area contributed by atoms with E-state index in [-0.39, 0.29) is 6.04 Å². The van der Waals surface area contributed by atoms with E-state index in [0.29, 0.717) is 13.0 Å². The summed E-state index contributed by atoms with van der Waals surface area (Å²) >= 11 is 0. The fourth-order valence-electron chi connectivity index (χ4n) is 5.04. The van der Waals surface area contributed by atoms with Crippen LogP contribution in [0.5, 0.6) is 0 Å². The van der Waals surface area contributed by atoms with Crippen LogP contribution in [0.15, 0.2) is 48.5 Å². The Morgan fingerprint density at radius 2 is 1.72 bits per heavy atom. The van der Waals surface area contributed by atoms with Gasteiger partial charge >= 0.3 is 0 Å². The quantitative estimate of drug-likeness (QED) is 0.744. The molecule has 0 amide bonds. The van der Waals surface area contributed by atoms with Gasteiger partial charge in [-0.15, -0.1) is 0 Å². The smallest absolute Gasteiger partial charge is 0.221 e. The van der Waals surface area contributed by atoms with E-state index in [1.807, 2.05) is 44.2 Å². The van der Waals surface area contributed by atoms with E-state index >= 15 is 0 Å². The second kappa shape index (κ2) is 9.51. The van der Waals surface area contributed by atoms with Crippen LogP contribution >= 0.6 is 0 Å². The molecule has 4 rings (SSSR count). The predicted octanol–water partition coefficient (Wildman–Crippen LogP) is 3.51. The van der Waals surface area contributed by atoms with Crippen LogP contribution in [-0.2, 0) is 16.6 Å². The van der Waals surface area contributed by atoms with Crippen molar-refractivity contribution >= 4 is 15.7 Å². The normalized spacial score (nSPS) is 25.6. The number of nitrogens with zero attached hydrogens (tertiary/aromatic N) is 3. The third-order valence-electron chi connectivity index (χ3n) is 6.98. The minimum Gasteiger partial charge on any atom is -0.379 e. The van der Waals surface area contributed by atoms with Gasteiger partial charge in [-0.2, -0.15) is 4.31 Å². The van der Waals surface area contributed by atoms with E-state index in [4.69, 9.17) is 0 Å². The molecule has 174 valence electrons. The number of aliphatic hydroxyl groups excluding tert-OH is 1. The van der Waals surface area contributed by atoms with Gasteiger partial charge in [-0.3, -0.25) is 4.90 Å². The second-order valence-electron chi connectivity index (χ2n) is 9.19. The average Bonchev–Trinajstić information content (AvgIpc) is 2.77. The lowest BCUT2D eigenvalue weighted by Crippen LogP contribution is -2.49. The predicted molar refractivity (Wildman–Crippen MR) is 129 cm³/mol. The van der Waals surface area contributed by atoms with E-state index < -0.39 is 21.5 Å². The lowest BCUT2D eigenvalue weighted by Gasteiger charge is -2.38. The maximum Gasteiger partial charge on any atom is 0.221 e. The molecule has 2 heterocycles. The number of benzene rings is 2. The largest absolute Gasteiger partial charge is 0.379 e. The number of hydrogen-bond donors (Lipinski definition) is 1. The van der Waals surface area contributed by atoms with Gasteiger partial charge in [0.25, 0.3) is 0 Å². The highest BCUT2D eigenvalue weighted by Gasteiger charge is 2.40. The number of anilines is 1. The molecular weight excluding hydrogens is 422 g/mol. The Labute approximate surface area is 192 Å². The maximum absolute atomic E-state index is 13.5. The van der Waals surface area contributed by atoms with Gasteiger partial charge in [0, 0.05) is 44.5 Å². The number of rotatable bonds is 5. The third kappa shape index (κ3) is 4.71. The first-order chi connectivity index (χ1) is 15.3. The van der Waals surface area contributed by atoms with E-state index in [9.17, 15) is 13.5 Å². The molecule has 3 atom stereocenters. The molecule has 3 unspecified atom stereocenters. The van der Waals surface area contributed by atoms with Crippen molar-refractivity contribution in [3.05, 3.63) is 65.2 Å². The first kappa shape index (κ1) is 23.2. The molecule has 32 heavy (non-hydrogen) atoms. The summed E-state index contributed by atoms with van der Waals surface area (Å²) in [4.78, 5) is 4.43. The molecule has 2 aliphatic rings.